The third kappa shape index (κ3) is 5.76. The second-order valence-electron chi connectivity index (χ2n) is 8.08. The number of aliphatic hydroxyl groups is 1. The lowest BCUT2D eigenvalue weighted by Gasteiger charge is -2.23. The first kappa shape index (κ1) is 22.2. The normalized spacial score (nSPS) is 11.3. The average Bonchev–Trinajstić information content (AvgIpc) is 2.70. The molecule has 8 heteroatoms. The molecule has 0 aliphatic carbocycles. The van der Waals surface area contributed by atoms with E-state index >= 15 is 0 Å². The highest BCUT2D eigenvalue weighted by Gasteiger charge is 2.18. The van der Waals surface area contributed by atoms with E-state index < -0.39 is 11.7 Å². The van der Waals surface area contributed by atoms with Crippen molar-refractivity contribution in [3.8, 4) is 0 Å². The Bertz CT molecular complexity index is 1110. The van der Waals surface area contributed by atoms with Crippen molar-refractivity contribution in [1.82, 2.24) is 9.97 Å². The van der Waals surface area contributed by atoms with Gasteiger partial charge in [-0.3, -0.25) is 15.1 Å². The van der Waals surface area contributed by atoms with Crippen molar-refractivity contribution in [3.05, 3.63) is 59.9 Å². The molecule has 0 spiro atoms. The lowest BCUT2D eigenvalue weighted by molar-refractivity contribution is -0.116. The Morgan fingerprint density at radius 2 is 1.90 bits per heavy atom. The van der Waals surface area contributed by atoms with Crippen LogP contribution in [0, 0.1) is 0 Å². The number of aromatic nitrogens is 2. The minimum absolute atomic E-state index is 0.170. The number of hydrogen-bond acceptors (Lipinski definition) is 6. The molecule has 0 saturated carbocycles. The zero-order valence-electron chi connectivity index (χ0n) is 18.0. The van der Waals surface area contributed by atoms with Gasteiger partial charge in [-0.25, -0.2) is 9.78 Å². The number of rotatable bonds is 5. The first-order valence-corrected chi connectivity index (χ1v) is 9.89. The number of nitrogens with zero attached hydrogens (tertiary/aromatic N) is 3. The van der Waals surface area contributed by atoms with E-state index in [4.69, 9.17) is 4.74 Å². The number of ether oxygens (including phenoxy) is 1. The summed E-state index contributed by atoms with van der Waals surface area (Å²) in [5.74, 6) is 0.202. The lowest BCUT2D eigenvalue weighted by Crippen LogP contribution is -2.29. The van der Waals surface area contributed by atoms with Crippen LogP contribution in [0.4, 0.5) is 16.3 Å². The maximum absolute atomic E-state index is 12.3. The van der Waals surface area contributed by atoms with E-state index in [1.54, 1.807) is 50.1 Å². The number of hydrogen-bond donors (Lipinski definition) is 2. The average molecular weight is 422 g/mol. The SMILES string of the molecule is CC(=O)N(Cc1ccc2ccc(NC(=O)OC(C)(C)C)nc2c1)c1cccnc1CO. The molecular formula is C23H26N4O4. The Balaban J connectivity index is 1.86. The molecule has 162 valence electrons. The number of pyridine rings is 2. The zero-order valence-corrected chi connectivity index (χ0v) is 18.0. The molecule has 3 rings (SSSR count). The number of nitrogens with one attached hydrogen (secondary N) is 1. The third-order valence-electron chi connectivity index (χ3n) is 4.41. The fraction of sp³-hybridized carbons (Fsp3) is 0.304. The predicted molar refractivity (Wildman–Crippen MR) is 119 cm³/mol. The molecular weight excluding hydrogens is 396 g/mol. The van der Waals surface area contributed by atoms with E-state index in [0.29, 0.717) is 22.7 Å². The van der Waals surface area contributed by atoms with Gasteiger partial charge < -0.3 is 14.7 Å². The summed E-state index contributed by atoms with van der Waals surface area (Å²) in [7, 11) is 0. The molecule has 0 atom stereocenters. The number of carbonyl (C=O) groups excluding carboxylic acids is 2. The summed E-state index contributed by atoms with van der Waals surface area (Å²) in [4.78, 5) is 34.5. The van der Waals surface area contributed by atoms with Crippen molar-refractivity contribution in [3.63, 3.8) is 0 Å². The van der Waals surface area contributed by atoms with Gasteiger partial charge in [0.05, 0.1) is 30.0 Å². The summed E-state index contributed by atoms with van der Waals surface area (Å²) in [6.07, 6.45) is 0.998. The van der Waals surface area contributed by atoms with E-state index in [1.165, 1.54) is 6.92 Å². The minimum Gasteiger partial charge on any atom is -0.444 e. The van der Waals surface area contributed by atoms with Crippen LogP contribution in [0.1, 0.15) is 39.0 Å². The first-order valence-electron chi connectivity index (χ1n) is 9.89. The lowest BCUT2D eigenvalue weighted by atomic mass is 10.1. The van der Waals surface area contributed by atoms with Crippen molar-refractivity contribution < 1.29 is 19.4 Å². The summed E-state index contributed by atoms with van der Waals surface area (Å²) in [5, 5.41) is 13.1. The third-order valence-corrected chi connectivity index (χ3v) is 4.41. The molecule has 31 heavy (non-hydrogen) atoms. The molecule has 2 N–H and O–H groups in total. The Morgan fingerprint density at radius 1 is 1.16 bits per heavy atom. The highest BCUT2D eigenvalue weighted by molar-refractivity contribution is 5.92. The van der Waals surface area contributed by atoms with Crippen LogP contribution in [0.5, 0.6) is 0 Å². The number of aliphatic hydroxyl groups excluding tert-OH is 1. The molecule has 0 radical (unpaired) electrons. The van der Waals surface area contributed by atoms with Crippen LogP contribution < -0.4 is 10.2 Å². The van der Waals surface area contributed by atoms with Gasteiger partial charge in [0.1, 0.15) is 11.4 Å². The van der Waals surface area contributed by atoms with E-state index in [9.17, 15) is 14.7 Å². The quantitative estimate of drug-likeness (QED) is 0.643. The van der Waals surface area contributed by atoms with Gasteiger partial charge in [-0.15, -0.1) is 0 Å². The molecule has 2 amide bonds. The van der Waals surface area contributed by atoms with Crippen LogP contribution in [0.25, 0.3) is 10.9 Å². The van der Waals surface area contributed by atoms with Crippen LogP contribution in [-0.4, -0.2) is 32.7 Å². The Hall–Kier alpha value is -3.52. The van der Waals surface area contributed by atoms with Crippen molar-refractivity contribution in [2.45, 2.75) is 46.4 Å². The molecule has 2 aromatic heterocycles. The van der Waals surface area contributed by atoms with Gasteiger partial charge in [-0.1, -0.05) is 12.1 Å². The largest absolute Gasteiger partial charge is 0.444 e. The topological polar surface area (TPSA) is 105 Å². The summed E-state index contributed by atoms with van der Waals surface area (Å²) >= 11 is 0. The Labute approximate surface area is 180 Å². The van der Waals surface area contributed by atoms with Crippen molar-refractivity contribution in [1.29, 1.82) is 0 Å². The molecule has 0 aliphatic rings. The van der Waals surface area contributed by atoms with E-state index in [0.717, 1.165) is 10.9 Å². The smallest absolute Gasteiger partial charge is 0.413 e. The Morgan fingerprint density at radius 3 is 2.58 bits per heavy atom. The van der Waals surface area contributed by atoms with Gasteiger partial charge in [0.25, 0.3) is 0 Å². The standard InChI is InChI=1S/C23H26N4O4/c1-15(29)27(20-6-5-11-24-19(20)14-28)13-16-7-8-17-9-10-21(25-18(17)12-16)26-22(30)31-23(2,3)4/h5-12,28H,13-14H2,1-4H3,(H,25,26,30). The molecule has 0 fully saturated rings. The maximum atomic E-state index is 12.3. The van der Waals surface area contributed by atoms with E-state index in [2.05, 4.69) is 15.3 Å². The fourth-order valence-corrected chi connectivity index (χ4v) is 3.08. The zero-order chi connectivity index (χ0) is 22.6. The number of carbonyl (C=O) groups is 2. The van der Waals surface area contributed by atoms with E-state index in [-0.39, 0.29) is 19.1 Å². The van der Waals surface area contributed by atoms with Crippen molar-refractivity contribution >= 4 is 34.4 Å². The molecule has 3 aromatic rings. The van der Waals surface area contributed by atoms with Gasteiger partial charge in [-0.2, -0.15) is 0 Å². The minimum atomic E-state index is -0.607. The number of anilines is 2. The highest BCUT2D eigenvalue weighted by atomic mass is 16.6. The molecule has 8 nitrogen and oxygen atoms in total. The molecule has 0 unspecified atom stereocenters. The van der Waals surface area contributed by atoms with Crippen LogP contribution in [-0.2, 0) is 22.7 Å². The monoisotopic (exact) mass is 422 g/mol. The summed E-state index contributed by atoms with van der Waals surface area (Å²) in [6, 6.07) is 12.7. The van der Waals surface area contributed by atoms with Gasteiger partial charge in [-0.05, 0) is 56.7 Å². The van der Waals surface area contributed by atoms with Crippen molar-refractivity contribution in [2.75, 3.05) is 10.2 Å². The van der Waals surface area contributed by atoms with Crippen LogP contribution in [0.15, 0.2) is 48.7 Å². The summed E-state index contributed by atoms with van der Waals surface area (Å²) in [6.45, 7) is 6.86. The second kappa shape index (κ2) is 9.09. The molecule has 0 aliphatic heterocycles. The van der Waals surface area contributed by atoms with Crippen LogP contribution in [0.3, 0.4) is 0 Å². The van der Waals surface area contributed by atoms with Gasteiger partial charge in [0, 0.05) is 18.5 Å². The maximum Gasteiger partial charge on any atom is 0.413 e. The highest BCUT2D eigenvalue weighted by Crippen LogP contribution is 2.23. The van der Waals surface area contributed by atoms with Crippen LogP contribution in [0.2, 0.25) is 0 Å². The first-order chi connectivity index (χ1) is 14.7. The Kier molecular flexibility index (Phi) is 6.50. The van der Waals surface area contributed by atoms with Gasteiger partial charge in [0.15, 0.2) is 0 Å². The fourth-order valence-electron chi connectivity index (χ4n) is 3.08. The summed E-state index contributed by atoms with van der Waals surface area (Å²) < 4.78 is 5.27. The number of benzene rings is 1. The molecule has 0 bridgehead atoms. The molecule has 0 saturated heterocycles. The molecule has 2 heterocycles. The van der Waals surface area contributed by atoms with E-state index in [1.807, 2.05) is 24.3 Å². The van der Waals surface area contributed by atoms with Crippen molar-refractivity contribution in [2.24, 2.45) is 0 Å². The van der Waals surface area contributed by atoms with Crippen LogP contribution >= 0.6 is 0 Å². The van der Waals surface area contributed by atoms with Gasteiger partial charge >= 0.3 is 6.09 Å². The predicted octanol–water partition coefficient (Wildman–Crippen LogP) is 4.02. The van der Waals surface area contributed by atoms with Gasteiger partial charge in [0.2, 0.25) is 5.91 Å². The number of amides is 2. The summed E-state index contributed by atoms with van der Waals surface area (Å²) in [5.41, 5.74) is 1.90. The second-order valence-corrected chi connectivity index (χ2v) is 8.08. The molecule has 1 aromatic carbocycles. The number of fused-ring (bicyclic) bond motifs is 1.